The van der Waals surface area contributed by atoms with Crippen LogP contribution in [0.2, 0.25) is 0 Å². The standard InChI is InChI=1S/C20H17N7O4/c21-10-3-11-22-19-18(24-31-25-19)20-23-15-4-1-2-5-16(15)26(20)12-17(28)13-6-8-14(9-7-13)27(29)30/h1-2,4-9,17,28H,3,11-12H2,(H,22,25). The zero-order valence-electron chi connectivity index (χ0n) is 16.2. The van der Waals surface area contributed by atoms with Crippen LogP contribution in [0.15, 0.2) is 53.2 Å². The molecular weight excluding hydrogens is 402 g/mol. The molecular formula is C20H17N7O4. The van der Waals surface area contributed by atoms with Crippen molar-refractivity contribution in [1.82, 2.24) is 19.9 Å². The number of rotatable bonds is 8. The van der Waals surface area contributed by atoms with Gasteiger partial charge >= 0.3 is 0 Å². The number of nitro groups is 1. The van der Waals surface area contributed by atoms with E-state index in [2.05, 4.69) is 20.6 Å². The highest BCUT2D eigenvalue weighted by Crippen LogP contribution is 2.30. The molecule has 1 atom stereocenters. The van der Waals surface area contributed by atoms with Crippen LogP contribution >= 0.6 is 0 Å². The monoisotopic (exact) mass is 419 g/mol. The van der Waals surface area contributed by atoms with E-state index >= 15 is 0 Å². The Morgan fingerprint density at radius 2 is 2.00 bits per heavy atom. The maximum atomic E-state index is 10.9. The number of fused-ring (bicyclic) bond motifs is 1. The van der Waals surface area contributed by atoms with Crippen molar-refractivity contribution in [3.8, 4) is 17.6 Å². The highest BCUT2D eigenvalue weighted by atomic mass is 16.6. The Kier molecular flexibility index (Phi) is 5.55. The summed E-state index contributed by atoms with van der Waals surface area (Å²) in [7, 11) is 0. The molecule has 0 amide bonds. The predicted molar refractivity (Wildman–Crippen MR) is 110 cm³/mol. The molecule has 0 aliphatic carbocycles. The van der Waals surface area contributed by atoms with E-state index in [1.165, 1.54) is 24.3 Å². The third kappa shape index (κ3) is 4.05. The van der Waals surface area contributed by atoms with Gasteiger partial charge in [0.1, 0.15) is 0 Å². The molecule has 0 saturated heterocycles. The van der Waals surface area contributed by atoms with Crippen molar-refractivity contribution in [2.45, 2.75) is 19.1 Å². The molecule has 156 valence electrons. The van der Waals surface area contributed by atoms with Crippen LogP contribution in [-0.4, -0.2) is 36.4 Å². The minimum atomic E-state index is -0.952. The number of aliphatic hydroxyl groups excluding tert-OH is 1. The van der Waals surface area contributed by atoms with E-state index in [-0.39, 0.29) is 18.7 Å². The van der Waals surface area contributed by atoms with E-state index in [1.54, 1.807) is 4.57 Å². The Morgan fingerprint density at radius 1 is 1.23 bits per heavy atom. The Labute approximate surface area is 175 Å². The highest BCUT2D eigenvalue weighted by Gasteiger charge is 2.22. The first-order valence-corrected chi connectivity index (χ1v) is 9.40. The van der Waals surface area contributed by atoms with Gasteiger partial charge in [-0.1, -0.05) is 12.1 Å². The zero-order chi connectivity index (χ0) is 21.8. The Bertz CT molecular complexity index is 1260. The molecule has 0 aliphatic rings. The molecule has 2 aromatic heterocycles. The molecule has 2 N–H and O–H groups in total. The smallest absolute Gasteiger partial charge is 0.269 e. The molecule has 4 rings (SSSR count). The van der Waals surface area contributed by atoms with Gasteiger partial charge in [0, 0.05) is 18.7 Å². The number of para-hydroxylation sites is 2. The molecule has 2 heterocycles. The SMILES string of the molecule is N#CCCNc1nonc1-c1nc2ccccc2n1CC(O)c1ccc([N+](=O)[O-])cc1. The number of aromatic nitrogens is 4. The van der Waals surface area contributed by atoms with Crippen molar-refractivity contribution in [3.63, 3.8) is 0 Å². The lowest BCUT2D eigenvalue weighted by atomic mass is 10.1. The molecule has 11 nitrogen and oxygen atoms in total. The van der Waals surface area contributed by atoms with Crippen molar-refractivity contribution in [2.24, 2.45) is 0 Å². The summed E-state index contributed by atoms with van der Waals surface area (Å²) in [5, 5.41) is 41.2. The number of nitro benzene ring substituents is 1. The summed E-state index contributed by atoms with van der Waals surface area (Å²) in [6.45, 7) is 0.488. The van der Waals surface area contributed by atoms with Crippen LogP contribution in [0, 0.1) is 21.4 Å². The lowest BCUT2D eigenvalue weighted by Crippen LogP contribution is -2.11. The molecule has 0 spiro atoms. The van der Waals surface area contributed by atoms with Crippen molar-refractivity contribution in [3.05, 3.63) is 64.2 Å². The second-order valence-corrected chi connectivity index (χ2v) is 6.70. The summed E-state index contributed by atoms with van der Waals surface area (Å²) in [5.74, 6) is 0.777. The number of anilines is 1. The summed E-state index contributed by atoms with van der Waals surface area (Å²) < 4.78 is 6.67. The van der Waals surface area contributed by atoms with Crippen LogP contribution < -0.4 is 5.32 Å². The normalized spacial score (nSPS) is 11.9. The number of nitrogens with one attached hydrogen (secondary N) is 1. The van der Waals surface area contributed by atoms with Gasteiger partial charge in [0.25, 0.3) is 5.69 Å². The highest BCUT2D eigenvalue weighted by molar-refractivity contribution is 5.81. The molecule has 31 heavy (non-hydrogen) atoms. The number of hydrogen-bond acceptors (Lipinski definition) is 9. The third-order valence-corrected chi connectivity index (χ3v) is 4.73. The Morgan fingerprint density at radius 3 is 2.74 bits per heavy atom. The quantitative estimate of drug-likeness (QED) is 0.249. The molecule has 4 aromatic rings. The first kappa shape index (κ1) is 20.0. The van der Waals surface area contributed by atoms with Gasteiger partial charge < -0.3 is 15.0 Å². The molecule has 0 saturated carbocycles. The summed E-state index contributed by atoms with van der Waals surface area (Å²) in [6.07, 6.45) is -0.672. The van der Waals surface area contributed by atoms with E-state index in [0.29, 0.717) is 35.0 Å². The van der Waals surface area contributed by atoms with Crippen molar-refractivity contribution >= 4 is 22.5 Å². The van der Waals surface area contributed by atoms with Gasteiger partial charge in [0.15, 0.2) is 11.5 Å². The molecule has 11 heteroatoms. The number of non-ortho nitro benzene ring substituents is 1. The predicted octanol–water partition coefficient (Wildman–Crippen LogP) is 3.05. The van der Waals surface area contributed by atoms with Crippen LogP contribution in [0.4, 0.5) is 11.5 Å². The number of aliphatic hydroxyl groups is 1. The van der Waals surface area contributed by atoms with Gasteiger partial charge in [-0.05, 0) is 40.1 Å². The van der Waals surface area contributed by atoms with Gasteiger partial charge in [0.2, 0.25) is 5.82 Å². The number of imidazole rings is 1. The molecule has 0 radical (unpaired) electrons. The van der Waals surface area contributed by atoms with E-state index in [9.17, 15) is 15.2 Å². The van der Waals surface area contributed by atoms with Crippen LogP contribution in [0.1, 0.15) is 18.1 Å². The van der Waals surface area contributed by atoms with Crippen molar-refractivity contribution in [1.29, 1.82) is 5.26 Å². The third-order valence-electron chi connectivity index (χ3n) is 4.73. The van der Waals surface area contributed by atoms with Gasteiger partial charge in [-0.2, -0.15) is 5.26 Å². The second-order valence-electron chi connectivity index (χ2n) is 6.70. The first-order chi connectivity index (χ1) is 15.1. The molecule has 0 bridgehead atoms. The van der Waals surface area contributed by atoms with E-state index in [4.69, 9.17) is 9.89 Å². The topological polar surface area (TPSA) is 156 Å². The second kappa shape index (κ2) is 8.60. The van der Waals surface area contributed by atoms with E-state index < -0.39 is 11.0 Å². The average molecular weight is 419 g/mol. The summed E-state index contributed by atoms with van der Waals surface area (Å²) in [4.78, 5) is 15.0. The molecule has 0 fully saturated rings. The molecule has 0 aliphatic heterocycles. The molecule has 1 unspecified atom stereocenters. The molecule has 2 aromatic carbocycles. The minimum absolute atomic E-state index is 0.0496. The number of nitrogens with zero attached hydrogens (tertiary/aromatic N) is 6. The number of benzene rings is 2. The van der Waals surface area contributed by atoms with Crippen molar-refractivity contribution < 1.29 is 14.7 Å². The van der Waals surface area contributed by atoms with Gasteiger partial charge in [-0.3, -0.25) is 10.1 Å². The average Bonchev–Trinajstić information content (AvgIpc) is 3.38. The fraction of sp³-hybridized carbons (Fsp3) is 0.200. The Hall–Kier alpha value is -4.30. The fourth-order valence-corrected chi connectivity index (χ4v) is 3.23. The van der Waals surface area contributed by atoms with Crippen molar-refractivity contribution in [2.75, 3.05) is 11.9 Å². The summed E-state index contributed by atoms with van der Waals surface area (Å²) in [6, 6.07) is 15.2. The van der Waals surface area contributed by atoms with Crippen LogP contribution in [0.25, 0.3) is 22.6 Å². The first-order valence-electron chi connectivity index (χ1n) is 9.40. The zero-order valence-corrected chi connectivity index (χ0v) is 16.2. The maximum absolute atomic E-state index is 10.9. The maximum Gasteiger partial charge on any atom is 0.269 e. The summed E-state index contributed by atoms with van der Waals surface area (Å²) in [5.41, 5.74) is 2.29. The van der Waals surface area contributed by atoms with Gasteiger partial charge in [-0.15, -0.1) is 0 Å². The summed E-state index contributed by atoms with van der Waals surface area (Å²) >= 11 is 0. The fourth-order valence-electron chi connectivity index (χ4n) is 3.23. The lowest BCUT2D eigenvalue weighted by molar-refractivity contribution is -0.384. The van der Waals surface area contributed by atoms with Gasteiger partial charge in [-0.25, -0.2) is 9.61 Å². The Balaban J connectivity index is 1.70. The largest absolute Gasteiger partial charge is 0.387 e. The van der Waals surface area contributed by atoms with Crippen LogP contribution in [0.3, 0.4) is 0 Å². The lowest BCUT2D eigenvalue weighted by Gasteiger charge is -2.14. The van der Waals surface area contributed by atoms with E-state index in [0.717, 1.165) is 5.52 Å². The van der Waals surface area contributed by atoms with Crippen LogP contribution in [-0.2, 0) is 6.54 Å². The van der Waals surface area contributed by atoms with Crippen LogP contribution in [0.5, 0.6) is 0 Å². The minimum Gasteiger partial charge on any atom is -0.387 e. The van der Waals surface area contributed by atoms with E-state index in [1.807, 2.05) is 30.3 Å². The van der Waals surface area contributed by atoms with Gasteiger partial charge in [0.05, 0.1) is 41.1 Å². The number of nitriles is 1. The number of hydrogen-bond donors (Lipinski definition) is 2.